The van der Waals surface area contributed by atoms with Crippen molar-refractivity contribution < 1.29 is 4.79 Å². The number of carbonyl (C=O) groups excluding carboxylic acids is 1. The van der Waals surface area contributed by atoms with Crippen molar-refractivity contribution in [2.75, 3.05) is 17.2 Å². The summed E-state index contributed by atoms with van der Waals surface area (Å²) < 4.78 is 0. The molecule has 0 radical (unpaired) electrons. The number of nitrogens with zero attached hydrogens (tertiary/aromatic N) is 2. The summed E-state index contributed by atoms with van der Waals surface area (Å²) in [4.78, 5) is 20.7. The summed E-state index contributed by atoms with van der Waals surface area (Å²) in [7, 11) is 0. The second-order valence-electron chi connectivity index (χ2n) is 5.80. The summed E-state index contributed by atoms with van der Waals surface area (Å²) in [6, 6.07) is 4.11. The number of hydrogen-bond acceptors (Lipinski definition) is 4. The molecule has 5 heteroatoms. The molecule has 0 saturated heterocycles. The van der Waals surface area contributed by atoms with E-state index in [1.54, 1.807) is 12.4 Å². The molecule has 0 spiro atoms. The molecule has 1 aromatic carbocycles. The molecule has 1 amide bonds. The molecule has 0 aliphatic carbocycles. The molecule has 0 atom stereocenters. The normalized spacial score (nSPS) is 10.4. The fourth-order valence-corrected chi connectivity index (χ4v) is 2.48. The van der Waals surface area contributed by atoms with Gasteiger partial charge in [0, 0.05) is 24.6 Å². The third-order valence-electron chi connectivity index (χ3n) is 3.64. The Morgan fingerprint density at radius 2 is 1.70 bits per heavy atom. The van der Waals surface area contributed by atoms with E-state index >= 15 is 0 Å². The highest BCUT2D eigenvalue weighted by molar-refractivity contribution is 6.04. The van der Waals surface area contributed by atoms with Crippen LogP contribution in [0.15, 0.2) is 24.5 Å². The number of amides is 1. The van der Waals surface area contributed by atoms with Crippen LogP contribution in [0.3, 0.4) is 0 Å². The highest BCUT2D eigenvalue weighted by atomic mass is 16.1. The van der Waals surface area contributed by atoms with Crippen LogP contribution in [0.25, 0.3) is 0 Å². The minimum absolute atomic E-state index is 0.194. The second-order valence-corrected chi connectivity index (χ2v) is 5.80. The molecule has 2 aromatic rings. The van der Waals surface area contributed by atoms with E-state index in [2.05, 4.69) is 39.7 Å². The number of anilines is 2. The van der Waals surface area contributed by atoms with Crippen LogP contribution >= 0.6 is 0 Å². The first-order valence-corrected chi connectivity index (χ1v) is 7.96. The Hall–Kier alpha value is -2.43. The van der Waals surface area contributed by atoms with E-state index in [1.807, 2.05) is 20.8 Å². The monoisotopic (exact) mass is 312 g/mol. The van der Waals surface area contributed by atoms with Crippen LogP contribution < -0.4 is 10.6 Å². The van der Waals surface area contributed by atoms with Gasteiger partial charge in [-0.25, -0.2) is 9.97 Å². The van der Waals surface area contributed by atoms with Gasteiger partial charge < -0.3 is 10.6 Å². The van der Waals surface area contributed by atoms with E-state index in [0.29, 0.717) is 11.5 Å². The number of nitrogens with one attached hydrogen (secondary N) is 2. The lowest BCUT2D eigenvalue weighted by molar-refractivity contribution is 0.102. The van der Waals surface area contributed by atoms with Crippen LogP contribution in [0.1, 0.15) is 46.8 Å². The average molecular weight is 312 g/mol. The Balaban J connectivity index is 2.06. The first-order valence-electron chi connectivity index (χ1n) is 7.96. The van der Waals surface area contributed by atoms with Crippen molar-refractivity contribution in [3.63, 3.8) is 0 Å². The molecule has 0 aliphatic rings. The Morgan fingerprint density at radius 3 is 2.26 bits per heavy atom. The van der Waals surface area contributed by atoms with Gasteiger partial charge in [-0.3, -0.25) is 4.79 Å². The molecule has 122 valence electrons. The SMILES string of the molecule is CCCCNc1ncc(C(=O)Nc2c(C)cc(C)cc2C)cn1. The van der Waals surface area contributed by atoms with Gasteiger partial charge in [-0.05, 0) is 38.3 Å². The smallest absolute Gasteiger partial charge is 0.258 e. The fourth-order valence-electron chi connectivity index (χ4n) is 2.48. The zero-order valence-corrected chi connectivity index (χ0v) is 14.2. The summed E-state index contributed by atoms with van der Waals surface area (Å²) in [5, 5.41) is 6.09. The van der Waals surface area contributed by atoms with E-state index < -0.39 is 0 Å². The van der Waals surface area contributed by atoms with Crippen molar-refractivity contribution >= 4 is 17.5 Å². The number of rotatable bonds is 6. The minimum Gasteiger partial charge on any atom is -0.354 e. The van der Waals surface area contributed by atoms with Gasteiger partial charge in [-0.15, -0.1) is 0 Å². The lowest BCUT2D eigenvalue weighted by atomic mass is 10.0. The summed E-state index contributed by atoms with van der Waals surface area (Å²) in [6.45, 7) is 9.00. The molecule has 1 heterocycles. The lowest BCUT2D eigenvalue weighted by Crippen LogP contribution is -2.15. The van der Waals surface area contributed by atoms with Gasteiger partial charge in [0.15, 0.2) is 0 Å². The maximum Gasteiger partial charge on any atom is 0.258 e. The molecule has 2 N–H and O–H groups in total. The molecule has 1 aromatic heterocycles. The molecule has 0 fully saturated rings. The van der Waals surface area contributed by atoms with Crippen molar-refractivity contribution in [3.05, 3.63) is 46.8 Å². The zero-order valence-electron chi connectivity index (χ0n) is 14.2. The second kappa shape index (κ2) is 7.72. The Morgan fingerprint density at radius 1 is 1.09 bits per heavy atom. The van der Waals surface area contributed by atoms with E-state index in [0.717, 1.165) is 36.2 Å². The van der Waals surface area contributed by atoms with E-state index in [4.69, 9.17) is 0 Å². The molecule has 0 saturated carbocycles. The van der Waals surface area contributed by atoms with Crippen LogP contribution in [-0.4, -0.2) is 22.4 Å². The van der Waals surface area contributed by atoms with Crippen molar-refractivity contribution in [1.82, 2.24) is 9.97 Å². The first kappa shape index (κ1) is 16.9. The number of unbranched alkanes of at least 4 members (excludes halogenated alkanes) is 1. The van der Waals surface area contributed by atoms with Crippen molar-refractivity contribution in [3.8, 4) is 0 Å². The van der Waals surface area contributed by atoms with Gasteiger partial charge in [0.1, 0.15) is 0 Å². The molecule has 0 bridgehead atoms. The molecule has 0 unspecified atom stereocenters. The predicted octanol–water partition coefficient (Wildman–Crippen LogP) is 3.87. The minimum atomic E-state index is -0.194. The van der Waals surface area contributed by atoms with Gasteiger partial charge in [0.05, 0.1) is 5.56 Å². The van der Waals surface area contributed by atoms with E-state index in [-0.39, 0.29) is 5.91 Å². The van der Waals surface area contributed by atoms with Gasteiger partial charge in [0.2, 0.25) is 5.95 Å². The molecule has 5 nitrogen and oxygen atoms in total. The van der Waals surface area contributed by atoms with Crippen molar-refractivity contribution in [2.24, 2.45) is 0 Å². The third kappa shape index (κ3) is 4.52. The predicted molar refractivity (Wildman–Crippen MR) is 94.0 cm³/mol. The van der Waals surface area contributed by atoms with Gasteiger partial charge in [0.25, 0.3) is 5.91 Å². The Labute approximate surface area is 137 Å². The zero-order chi connectivity index (χ0) is 16.8. The number of aromatic nitrogens is 2. The quantitative estimate of drug-likeness (QED) is 0.795. The van der Waals surface area contributed by atoms with Crippen molar-refractivity contribution in [1.29, 1.82) is 0 Å². The molecular formula is C18H24N4O. The molecule has 0 aliphatic heterocycles. The largest absolute Gasteiger partial charge is 0.354 e. The summed E-state index contributed by atoms with van der Waals surface area (Å²) >= 11 is 0. The highest BCUT2D eigenvalue weighted by Gasteiger charge is 2.11. The Bertz CT molecular complexity index is 657. The number of carbonyl (C=O) groups is 1. The van der Waals surface area contributed by atoms with Gasteiger partial charge in [-0.2, -0.15) is 0 Å². The summed E-state index contributed by atoms with van der Waals surface area (Å²) in [5.41, 5.74) is 4.59. The van der Waals surface area contributed by atoms with E-state index in [1.165, 1.54) is 5.56 Å². The fraction of sp³-hybridized carbons (Fsp3) is 0.389. The maximum atomic E-state index is 12.4. The first-order chi connectivity index (χ1) is 11.0. The van der Waals surface area contributed by atoms with Gasteiger partial charge >= 0.3 is 0 Å². The Kier molecular flexibility index (Phi) is 5.68. The van der Waals surface area contributed by atoms with Crippen LogP contribution in [0.4, 0.5) is 11.6 Å². The third-order valence-corrected chi connectivity index (χ3v) is 3.64. The maximum absolute atomic E-state index is 12.4. The van der Waals surface area contributed by atoms with Crippen LogP contribution in [0.2, 0.25) is 0 Å². The lowest BCUT2D eigenvalue weighted by Gasteiger charge is -2.12. The number of hydrogen-bond donors (Lipinski definition) is 2. The van der Waals surface area contributed by atoms with Crippen LogP contribution in [0.5, 0.6) is 0 Å². The molecular weight excluding hydrogens is 288 g/mol. The number of aryl methyl sites for hydroxylation is 3. The van der Waals surface area contributed by atoms with E-state index in [9.17, 15) is 4.79 Å². The highest BCUT2D eigenvalue weighted by Crippen LogP contribution is 2.22. The van der Waals surface area contributed by atoms with Crippen molar-refractivity contribution in [2.45, 2.75) is 40.5 Å². The standard InChI is InChI=1S/C18H24N4O/c1-5-6-7-19-18-20-10-15(11-21-18)17(23)22-16-13(3)8-12(2)9-14(16)4/h8-11H,5-7H2,1-4H3,(H,22,23)(H,19,20,21). The molecule has 2 rings (SSSR count). The van der Waals surface area contributed by atoms with Gasteiger partial charge in [-0.1, -0.05) is 31.0 Å². The van der Waals surface area contributed by atoms with Crippen LogP contribution in [0, 0.1) is 20.8 Å². The number of benzene rings is 1. The van der Waals surface area contributed by atoms with Crippen LogP contribution in [-0.2, 0) is 0 Å². The average Bonchev–Trinajstić information content (AvgIpc) is 2.51. The summed E-state index contributed by atoms with van der Waals surface area (Å²) in [5.74, 6) is 0.359. The summed E-state index contributed by atoms with van der Waals surface area (Å²) in [6.07, 6.45) is 5.28. The molecule has 23 heavy (non-hydrogen) atoms. The topological polar surface area (TPSA) is 66.9 Å².